The van der Waals surface area contributed by atoms with Gasteiger partial charge < -0.3 is 4.74 Å². The Morgan fingerprint density at radius 1 is 1.10 bits per heavy atom. The van der Waals surface area contributed by atoms with E-state index in [1.807, 2.05) is 31.2 Å². The summed E-state index contributed by atoms with van der Waals surface area (Å²) in [4.78, 5) is 4.59. The molecule has 0 radical (unpaired) electrons. The highest BCUT2D eigenvalue weighted by atomic mass is 16.5. The Morgan fingerprint density at radius 3 is 2.67 bits per heavy atom. The number of nitriles is 1. The van der Waals surface area contributed by atoms with Crippen molar-refractivity contribution in [2.75, 3.05) is 0 Å². The second kappa shape index (κ2) is 5.57. The SMILES string of the molecule is Cc1ccc(Oc2nc3c(cc2C#N)CCCC3)cc1C. The molecular weight excluding hydrogens is 260 g/mol. The van der Waals surface area contributed by atoms with Crippen molar-refractivity contribution < 1.29 is 4.74 Å². The summed E-state index contributed by atoms with van der Waals surface area (Å²) in [5.41, 5.74) is 5.20. The molecule has 0 unspecified atom stereocenters. The first-order valence-corrected chi connectivity index (χ1v) is 7.35. The third-order valence-corrected chi connectivity index (χ3v) is 4.08. The highest BCUT2D eigenvalue weighted by Crippen LogP contribution is 2.29. The second-order valence-corrected chi connectivity index (χ2v) is 5.61. The van der Waals surface area contributed by atoms with Crippen molar-refractivity contribution in [1.29, 1.82) is 5.26 Å². The van der Waals surface area contributed by atoms with Crippen LogP contribution in [0, 0.1) is 25.2 Å². The average Bonchev–Trinajstić information content (AvgIpc) is 2.50. The molecule has 0 aliphatic heterocycles. The van der Waals surface area contributed by atoms with Gasteiger partial charge in [-0.25, -0.2) is 4.98 Å². The molecule has 3 rings (SSSR count). The lowest BCUT2D eigenvalue weighted by Crippen LogP contribution is -2.07. The number of aryl methyl sites for hydroxylation is 4. The van der Waals surface area contributed by atoms with Crippen LogP contribution in [0.3, 0.4) is 0 Å². The topological polar surface area (TPSA) is 45.9 Å². The molecule has 0 spiro atoms. The van der Waals surface area contributed by atoms with E-state index in [2.05, 4.69) is 18.0 Å². The predicted octanol–water partition coefficient (Wildman–Crippen LogP) is 4.24. The summed E-state index contributed by atoms with van der Waals surface area (Å²) in [6.07, 6.45) is 4.33. The van der Waals surface area contributed by atoms with Gasteiger partial charge in [0.2, 0.25) is 5.88 Å². The van der Waals surface area contributed by atoms with Crippen LogP contribution in [0.25, 0.3) is 0 Å². The van der Waals surface area contributed by atoms with Gasteiger partial charge in [-0.15, -0.1) is 0 Å². The van der Waals surface area contributed by atoms with Crippen molar-refractivity contribution in [2.45, 2.75) is 39.5 Å². The molecule has 0 atom stereocenters. The minimum Gasteiger partial charge on any atom is -0.438 e. The molecule has 2 aromatic rings. The van der Waals surface area contributed by atoms with Crippen LogP contribution >= 0.6 is 0 Å². The molecule has 0 saturated heterocycles. The first-order valence-electron chi connectivity index (χ1n) is 7.35. The normalized spacial score (nSPS) is 13.4. The van der Waals surface area contributed by atoms with Gasteiger partial charge in [-0.2, -0.15) is 5.26 Å². The number of ether oxygens (including phenoxy) is 1. The minimum atomic E-state index is 0.432. The minimum absolute atomic E-state index is 0.432. The zero-order chi connectivity index (χ0) is 14.8. The van der Waals surface area contributed by atoms with Crippen molar-refractivity contribution in [3.63, 3.8) is 0 Å². The fourth-order valence-electron chi connectivity index (χ4n) is 2.66. The van der Waals surface area contributed by atoms with Gasteiger partial charge in [0.15, 0.2) is 0 Å². The number of benzene rings is 1. The van der Waals surface area contributed by atoms with Crippen LogP contribution < -0.4 is 4.74 Å². The highest BCUT2D eigenvalue weighted by molar-refractivity contribution is 5.46. The summed E-state index contributed by atoms with van der Waals surface area (Å²) in [6.45, 7) is 4.12. The van der Waals surface area contributed by atoms with E-state index in [4.69, 9.17) is 4.74 Å². The van der Waals surface area contributed by atoms with Crippen molar-refractivity contribution in [1.82, 2.24) is 4.98 Å². The van der Waals surface area contributed by atoms with Gasteiger partial charge in [0.1, 0.15) is 17.4 Å². The smallest absolute Gasteiger partial charge is 0.237 e. The maximum absolute atomic E-state index is 9.33. The molecule has 3 nitrogen and oxygen atoms in total. The lowest BCUT2D eigenvalue weighted by atomic mass is 9.95. The van der Waals surface area contributed by atoms with E-state index in [1.165, 1.54) is 23.1 Å². The number of nitrogens with zero attached hydrogens (tertiary/aromatic N) is 2. The quantitative estimate of drug-likeness (QED) is 0.825. The van der Waals surface area contributed by atoms with E-state index in [9.17, 15) is 5.26 Å². The molecule has 1 heterocycles. The molecule has 0 fully saturated rings. The summed E-state index contributed by atoms with van der Waals surface area (Å²) in [6, 6.07) is 10.1. The number of hydrogen-bond donors (Lipinski definition) is 0. The van der Waals surface area contributed by atoms with Gasteiger partial charge in [-0.1, -0.05) is 6.07 Å². The standard InChI is InChI=1S/C18H18N2O/c1-12-7-8-16(9-13(12)2)21-18-15(11-19)10-14-5-3-4-6-17(14)20-18/h7-10H,3-6H2,1-2H3. The van der Waals surface area contributed by atoms with Crippen LogP contribution in [0.2, 0.25) is 0 Å². The maximum Gasteiger partial charge on any atom is 0.237 e. The van der Waals surface area contributed by atoms with Crippen LogP contribution in [0.15, 0.2) is 24.3 Å². The predicted molar refractivity (Wildman–Crippen MR) is 81.6 cm³/mol. The van der Waals surface area contributed by atoms with Gasteiger partial charge in [-0.05, 0) is 74.4 Å². The zero-order valence-corrected chi connectivity index (χ0v) is 12.4. The molecule has 0 bridgehead atoms. The number of pyridine rings is 1. The van der Waals surface area contributed by atoms with Crippen molar-refractivity contribution in [3.8, 4) is 17.7 Å². The molecule has 1 aromatic carbocycles. The third-order valence-electron chi connectivity index (χ3n) is 4.08. The molecule has 0 amide bonds. The molecule has 0 saturated carbocycles. The molecule has 1 aromatic heterocycles. The van der Waals surface area contributed by atoms with Crippen LogP contribution in [0.4, 0.5) is 0 Å². The molecule has 1 aliphatic rings. The number of aromatic nitrogens is 1. The Hall–Kier alpha value is -2.34. The monoisotopic (exact) mass is 278 g/mol. The Labute approximate surface area is 125 Å². The van der Waals surface area contributed by atoms with Crippen LogP contribution in [-0.4, -0.2) is 4.98 Å². The van der Waals surface area contributed by atoms with Crippen LogP contribution in [-0.2, 0) is 12.8 Å². The summed E-state index contributed by atoms with van der Waals surface area (Å²) in [5.74, 6) is 1.17. The molecule has 3 heteroatoms. The largest absolute Gasteiger partial charge is 0.438 e. The summed E-state index contributed by atoms with van der Waals surface area (Å²) in [7, 11) is 0. The van der Waals surface area contributed by atoms with Gasteiger partial charge in [-0.3, -0.25) is 0 Å². The van der Waals surface area contributed by atoms with Gasteiger partial charge in [0, 0.05) is 5.69 Å². The second-order valence-electron chi connectivity index (χ2n) is 5.61. The van der Waals surface area contributed by atoms with E-state index < -0.39 is 0 Å². The number of fused-ring (bicyclic) bond motifs is 1. The Kier molecular flexibility index (Phi) is 3.62. The zero-order valence-electron chi connectivity index (χ0n) is 12.4. The summed E-state index contributed by atoms with van der Waals surface area (Å²) < 4.78 is 5.87. The fraction of sp³-hybridized carbons (Fsp3) is 0.333. The maximum atomic E-state index is 9.33. The van der Waals surface area contributed by atoms with Gasteiger partial charge in [0.25, 0.3) is 0 Å². The third kappa shape index (κ3) is 2.75. The van der Waals surface area contributed by atoms with Gasteiger partial charge >= 0.3 is 0 Å². The van der Waals surface area contributed by atoms with Crippen LogP contribution in [0.1, 0.15) is 40.8 Å². The molecule has 21 heavy (non-hydrogen) atoms. The van der Waals surface area contributed by atoms with Crippen LogP contribution in [0.5, 0.6) is 11.6 Å². The van der Waals surface area contributed by atoms with E-state index in [0.29, 0.717) is 11.4 Å². The van der Waals surface area contributed by atoms with E-state index >= 15 is 0 Å². The summed E-state index contributed by atoms with van der Waals surface area (Å²) in [5, 5.41) is 9.33. The van der Waals surface area contributed by atoms with Crippen molar-refractivity contribution >= 4 is 0 Å². The molecule has 106 valence electrons. The highest BCUT2D eigenvalue weighted by Gasteiger charge is 2.16. The number of hydrogen-bond acceptors (Lipinski definition) is 3. The molecule has 0 N–H and O–H groups in total. The fourth-order valence-corrected chi connectivity index (χ4v) is 2.66. The summed E-state index contributed by atoms with van der Waals surface area (Å²) >= 11 is 0. The first-order chi connectivity index (χ1) is 10.2. The molecule has 1 aliphatic carbocycles. The number of rotatable bonds is 2. The lowest BCUT2D eigenvalue weighted by Gasteiger charge is -2.17. The Morgan fingerprint density at radius 2 is 1.90 bits per heavy atom. The van der Waals surface area contributed by atoms with Crippen molar-refractivity contribution in [2.24, 2.45) is 0 Å². The van der Waals surface area contributed by atoms with E-state index in [1.54, 1.807) is 0 Å². The van der Waals surface area contributed by atoms with E-state index in [0.717, 1.165) is 30.7 Å². The lowest BCUT2D eigenvalue weighted by molar-refractivity contribution is 0.455. The van der Waals surface area contributed by atoms with Gasteiger partial charge in [0.05, 0.1) is 0 Å². The first kappa shape index (κ1) is 13.6. The Bertz CT molecular complexity index is 729. The Balaban J connectivity index is 1.97. The van der Waals surface area contributed by atoms with Crippen molar-refractivity contribution in [3.05, 3.63) is 52.2 Å². The molecular formula is C18H18N2O. The van der Waals surface area contributed by atoms with E-state index in [-0.39, 0.29) is 0 Å². The average molecular weight is 278 g/mol.